The average Bonchev–Trinajstić information content (AvgIpc) is 2.60. The zero-order valence-electron chi connectivity index (χ0n) is 15.5. The Morgan fingerprint density at radius 1 is 1.00 bits per heavy atom. The van der Waals surface area contributed by atoms with Gasteiger partial charge >= 0.3 is 11.9 Å². The van der Waals surface area contributed by atoms with Crippen molar-refractivity contribution < 1.29 is 39.3 Å². The molecule has 0 aromatic heterocycles. The van der Waals surface area contributed by atoms with E-state index in [1.54, 1.807) is 6.26 Å². The maximum absolute atomic E-state index is 12.4. The van der Waals surface area contributed by atoms with Crippen molar-refractivity contribution in [3.05, 3.63) is 0 Å². The molecule has 0 bridgehead atoms. The molecule has 0 aliphatic rings. The summed E-state index contributed by atoms with van der Waals surface area (Å²) in [6, 6.07) is -4.26. The van der Waals surface area contributed by atoms with Gasteiger partial charge in [0.25, 0.3) is 0 Å². The van der Waals surface area contributed by atoms with Crippen molar-refractivity contribution in [2.75, 3.05) is 18.6 Å². The summed E-state index contributed by atoms with van der Waals surface area (Å²) in [5, 5.41) is 34.1. The van der Waals surface area contributed by atoms with Gasteiger partial charge in [0.05, 0.1) is 19.1 Å². The van der Waals surface area contributed by atoms with Crippen LogP contribution in [0.15, 0.2) is 0 Å². The number of aliphatic carboxylic acids is 2. The lowest BCUT2D eigenvalue weighted by atomic mass is 10.1. The third-order valence-electron chi connectivity index (χ3n) is 3.50. The van der Waals surface area contributed by atoms with Crippen LogP contribution in [0.3, 0.4) is 0 Å². The Kier molecular flexibility index (Phi) is 11.8. The molecule has 0 saturated heterocycles. The molecule has 12 nitrogen and oxygen atoms in total. The van der Waals surface area contributed by atoms with Crippen molar-refractivity contribution >= 4 is 41.4 Å². The number of thioether (sulfide) groups is 1. The van der Waals surface area contributed by atoms with Crippen molar-refractivity contribution in [3.63, 3.8) is 0 Å². The molecular weight excluding hydrogens is 396 g/mol. The number of hydrogen-bond acceptors (Lipinski definition) is 8. The average molecular weight is 422 g/mol. The number of nitrogens with two attached hydrogens (primary N) is 1. The first kappa shape index (κ1) is 25.6. The third-order valence-corrected chi connectivity index (χ3v) is 4.15. The zero-order valence-corrected chi connectivity index (χ0v) is 16.3. The van der Waals surface area contributed by atoms with Gasteiger partial charge in [0.2, 0.25) is 17.7 Å². The molecular formula is C15H26N4O8S. The second kappa shape index (κ2) is 12.9. The molecule has 0 fully saturated rings. The van der Waals surface area contributed by atoms with Gasteiger partial charge in [-0.2, -0.15) is 11.8 Å². The second-order valence-corrected chi connectivity index (χ2v) is 6.82. The van der Waals surface area contributed by atoms with Gasteiger partial charge < -0.3 is 37.0 Å². The number of nitrogens with one attached hydrogen (secondary N) is 3. The van der Waals surface area contributed by atoms with Crippen LogP contribution < -0.4 is 21.7 Å². The summed E-state index contributed by atoms with van der Waals surface area (Å²) < 4.78 is 0. The third kappa shape index (κ3) is 9.53. The van der Waals surface area contributed by atoms with E-state index in [2.05, 4.69) is 16.0 Å². The van der Waals surface area contributed by atoms with E-state index in [1.165, 1.54) is 18.7 Å². The summed E-state index contributed by atoms with van der Waals surface area (Å²) >= 11 is 1.36. The molecule has 0 spiro atoms. The smallest absolute Gasteiger partial charge is 0.326 e. The molecule has 0 radical (unpaired) electrons. The molecule has 0 saturated carbocycles. The number of carbonyl (C=O) groups excluding carboxylic acids is 3. The highest BCUT2D eigenvalue weighted by molar-refractivity contribution is 7.98. The summed E-state index contributed by atoms with van der Waals surface area (Å²) in [7, 11) is 0. The molecule has 28 heavy (non-hydrogen) atoms. The van der Waals surface area contributed by atoms with Crippen molar-refractivity contribution in [1.82, 2.24) is 16.0 Å². The molecule has 8 N–H and O–H groups in total. The van der Waals surface area contributed by atoms with Crippen molar-refractivity contribution in [3.8, 4) is 0 Å². The number of carbonyl (C=O) groups is 5. The number of aliphatic hydroxyl groups excluding tert-OH is 1. The van der Waals surface area contributed by atoms with E-state index in [0.717, 1.165) is 0 Å². The van der Waals surface area contributed by atoms with Crippen LogP contribution in [0.4, 0.5) is 0 Å². The Balaban J connectivity index is 5.28. The fourth-order valence-corrected chi connectivity index (χ4v) is 2.52. The van der Waals surface area contributed by atoms with Gasteiger partial charge in [-0.3, -0.25) is 19.2 Å². The van der Waals surface area contributed by atoms with Gasteiger partial charge in [0.15, 0.2) is 0 Å². The van der Waals surface area contributed by atoms with E-state index >= 15 is 0 Å². The molecule has 0 rings (SSSR count). The lowest BCUT2D eigenvalue weighted by Crippen LogP contribution is -2.59. The molecule has 4 unspecified atom stereocenters. The fourth-order valence-electron chi connectivity index (χ4n) is 2.05. The summed E-state index contributed by atoms with van der Waals surface area (Å²) in [6.07, 6.45) is -0.275. The van der Waals surface area contributed by atoms with Crippen molar-refractivity contribution in [2.45, 2.75) is 44.0 Å². The maximum Gasteiger partial charge on any atom is 0.326 e. The summed E-state index contributed by atoms with van der Waals surface area (Å²) in [5.41, 5.74) is 5.16. The summed E-state index contributed by atoms with van der Waals surface area (Å²) in [6.45, 7) is 0.841. The number of carboxylic acid groups (broad SMARTS) is 2. The molecule has 0 heterocycles. The van der Waals surface area contributed by atoms with Crippen molar-refractivity contribution in [1.29, 1.82) is 0 Å². The van der Waals surface area contributed by atoms with E-state index < -0.39 is 66.9 Å². The molecule has 4 atom stereocenters. The highest BCUT2D eigenvalue weighted by Crippen LogP contribution is 2.04. The quantitative estimate of drug-likeness (QED) is 0.161. The van der Waals surface area contributed by atoms with E-state index in [1.807, 2.05) is 0 Å². The van der Waals surface area contributed by atoms with Gasteiger partial charge in [0.1, 0.15) is 18.1 Å². The number of carboxylic acids is 2. The van der Waals surface area contributed by atoms with Crippen LogP contribution >= 0.6 is 11.8 Å². The van der Waals surface area contributed by atoms with Crippen LogP contribution in [0.5, 0.6) is 0 Å². The minimum absolute atomic E-state index is 0.107. The van der Waals surface area contributed by atoms with E-state index in [0.29, 0.717) is 5.75 Å². The Labute approximate surface area is 165 Å². The standard InChI is InChI=1S/C15H26N4O8S/c1-7(20)12(19-10(21)6-16)14(25)17-8(3-4-28-2)13(24)18-9(15(26)27)5-11(22)23/h7-9,12,20H,3-6,16H2,1-2H3,(H,17,25)(H,18,24)(H,19,21)(H,22,23)(H,26,27). The summed E-state index contributed by atoms with van der Waals surface area (Å²) in [4.78, 5) is 58.1. The molecule has 0 aliphatic heterocycles. The first-order valence-electron chi connectivity index (χ1n) is 8.25. The van der Waals surface area contributed by atoms with Gasteiger partial charge in [-0.25, -0.2) is 4.79 Å². The SMILES string of the molecule is CSCCC(NC(=O)C(NC(=O)CN)C(C)O)C(=O)NC(CC(=O)O)C(=O)O. The van der Waals surface area contributed by atoms with E-state index in [-0.39, 0.29) is 6.42 Å². The molecule has 13 heteroatoms. The van der Waals surface area contributed by atoms with Gasteiger partial charge in [-0.05, 0) is 25.4 Å². The Bertz CT molecular complexity index is 586. The van der Waals surface area contributed by atoms with Crippen LogP contribution in [0.25, 0.3) is 0 Å². The van der Waals surface area contributed by atoms with Crippen molar-refractivity contribution in [2.24, 2.45) is 5.73 Å². The van der Waals surface area contributed by atoms with E-state index in [4.69, 9.17) is 15.9 Å². The Morgan fingerprint density at radius 3 is 2.00 bits per heavy atom. The first-order chi connectivity index (χ1) is 13.0. The Hall–Kier alpha value is -2.38. The minimum Gasteiger partial charge on any atom is -0.481 e. The molecule has 0 aromatic carbocycles. The van der Waals surface area contributed by atoms with Crippen LogP contribution in [0, 0.1) is 0 Å². The van der Waals surface area contributed by atoms with Crippen LogP contribution in [-0.4, -0.2) is 87.8 Å². The summed E-state index contributed by atoms with van der Waals surface area (Å²) in [5.74, 6) is -5.00. The van der Waals surface area contributed by atoms with Gasteiger partial charge in [-0.15, -0.1) is 0 Å². The highest BCUT2D eigenvalue weighted by Gasteiger charge is 2.31. The zero-order chi connectivity index (χ0) is 21.9. The highest BCUT2D eigenvalue weighted by atomic mass is 32.2. The molecule has 0 aromatic rings. The first-order valence-corrected chi connectivity index (χ1v) is 9.64. The molecule has 0 aliphatic carbocycles. The number of rotatable bonds is 13. The van der Waals surface area contributed by atoms with Gasteiger partial charge in [0, 0.05) is 0 Å². The predicted octanol–water partition coefficient (Wildman–Crippen LogP) is -2.91. The lowest BCUT2D eigenvalue weighted by molar-refractivity contribution is -0.147. The Morgan fingerprint density at radius 2 is 1.57 bits per heavy atom. The topological polar surface area (TPSA) is 208 Å². The largest absolute Gasteiger partial charge is 0.481 e. The number of amides is 3. The molecule has 160 valence electrons. The maximum atomic E-state index is 12.4. The number of hydrogen-bond donors (Lipinski definition) is 7. The van der Waals surface area contributed by atoms with Crippen LogP contribution in [0.1, 0.15) is 19.8 Å². The fraction of sp³-hybridized carbons (Fsp3) is 0.667. The lowest BCUT2D eigenvalue weighted by Gasteiger charge is -2.25. The second-order valence-electron chi connectivity index (χ2n) is 5.83. The number of aliphatic hydroxyl groups is 1. The normalized spacial score (nSPS) is 14.9. The monoisotopic (exact) mass is 422 g/mol. The minimum atomic E-state index is -1.68. The molecule has 3 amide bonds. The van der Waals surface area contributed by atoms with Gasteiger partial charge in [-0.1, -0.05) is 0 Å². The van der Waals surface area contributed by atoms with Crippen LogP contribution in [-0.2, 0) is 24.0 Å². The van der Waals surface area contributed by atoms with E-state index in [9.17, 15) is 29.1 Å². The van der Waals surface area contributed by atoms with Crippen LogP contribution in [0.2, 0.25) is 0 Å². The predicted molar refractivity (Wildman–Crippen MR) is 99.4 cm³/mol.